The minimum Gasteiger partial charge on any atom is -0.382 e. The summed E-state index contributed by atoms with van der Waals surface area (Å²) in [6, 6.07) is 7.35. The highest BCUT2D eigenvalue weighted by atomic mass is 32.2. The molecule has 0 amide bonds. The number of hydrogen-bond acceptors (Lipinski definition) is 5. The van der Waals surface area contributed by atoms with E-state index in [1.807, 2.05) is 31.2 Å². The molecule has 19 heavy (non-hydrogen) atoms. The second-order valence-corrected chi connectivity index (χ2v) is 6.69. The zero-order valence-corrected chi connectivity index (χ0v) is 11.6. The largest absolute Gasteiger partial charge is 0.382 e. The van der Waals surface area contributed by atoms with Gasteiger partial charge in [-0.25, -0.2) is 8.42 Å². The number of anilines is 1. The first-order chi connectivity index (χ1) is 8.94. The number of hydrogen-bond donors (Lipinski definition) is 1. The van der Waals surface area contributed by atoms with Crippen molar-refractivity contribution in [2.75, 3.05) is 17.3 Å². The SMILES string of the molecule is CC(CS(C)(=O)=O)Nc1ccc(-n2nccn2)cc1. The molecule has 1 heterocycles. The molecule has 0 saturated heterocycles. The highest BCUT2D eigenvalue weighted by Gasteiger charge is 2.10. The molecular formula is C12H16N4O2S. The Hall–Kier alpha value is -1.89. The fourth-order valence-corrected chi connectivity index (χ4v) is 2.81. The molecule has 7 heteroatoms. The molecule has 2 rings (SSSR count). The van der Waals surface area contributed by atoms with E-state index >= 15 is 0 Å². The highest BCUT2D eigenvalue weighted by Crippen LogP contribution is 2.13. The van der Waals surface area contributed by atoms with Crippen molar-refractivity contribution >= 4 is 15.5 Å². The number of nitrogens with zero attached hydrogens (tertiary/aromatic N) is 3. The van der Waals surface area contributed by atoms with Crippen LogP contribution in [0.3, 0.4) is 0 Å². The summed E-state index contributed by atoms with van der Waals surface area (Å²) in [5.41, 5.74) is 1.72. The Morgan fingerprint density at radius 2 is 1.79 bits per heavy atom. The smallest absolute Gasteiger partial charge is 0.149 e. The molecule has 2 aromatic rings. The Morgan fingerprint density at radius 3 is 2.32 bits per heavy atom. The van der Waals surface area contributed by atoms with E-state index in [9.17, 15) is 8.42 Å². The van der Waals surface area contributed by atoms with Crippen LogP contribution in [0.5, 0.6) is 0 Å². The van der Waals surface area contributed by atoms with Gasteiger partial charge in [0.05, 0.1) is 23.8 Å². The Labute approximate surface area is 112 Å². The fourth-order valence-electron chi connectivity index (χ4n) is 1.82. The Kier molecular flexibility index (Phi) is 3.84. The third kappa shape index (κ3) is 4.06. The van der Waals surface area contributed by atoms with Gasteiger partial charge >= 0.3 is 0 Å². The van der Waals surface area contributed by atoms with E-state index in [1.165, 1.54) is 11.1 Å². The Morgan fingerprint density at radius 1 is 1.21 bits per heavy atom. The van der Waals surface area contributed by atoms with Gasteiger partial charge in [-0.05, 0) is 31.2 Å². The predicted octanol–water partition coefficient (Wildman–Crippen LogP) is 1.11. The van der Waals surface area contributed by atoms with Crippen molar-refractivity contribution in [2.45, 2.75) is 13.0 Å². The van der Waals surface area contributed by atoms with E-state index in [4.69, 9.17) is 0 Å². The average Bonchev–Trinajstić information content (AvgIpc) is 2.80. The Bertz CT molecular complexity index is 620. The van der Waals surface area contributed by atoms with Gasteiger partial charge in [0.1, 0.15) is 9.84 Å². The molecule has 102 valence electrons. The van der Waals surface area contributed by atoms with Gasteiger partial charge in [0.25, 0.3) is 0 Å². The second kappa shape index (κ2) is 5.40. The minimum atomic E-state index is -2.97. The molecule has 1 N–H and O–H groups in total. The number of rotatable bonds is 5. The average molecular weight is 280 g/mol. The molecule has 0 spiro atoms. The maximum Gasteiger partial charge on any atom is 0.149 e. The number of aromatic nitrogens is 3. The van der Waals surface area contributed by atoms with Crippen LogP contribution in [0.2, 0.25) is 0 Å². The van der Waals surface area contributed by atoms with Gasteiger partial charge in [-0.3, -0.25) is 0 Å². The third-order valence-corrected chi connectivity index (χ3v) is 3.59. The molecule has 1 atom stereocenters. The van der Waals surface area contributed by atoms with Crippen LogP contribution in [0.1, 0.15) is 6.92 Å². The van der Waals surface area contributed by atoms with Gasteiger partial charge in [0.15, 0.2) is 0 Å². The summed E-state index contributed by atoms with van der Waals surface area (Å²) in [5.74, 6) is 0.107. The van der Waals surface area contributed by atoms with Gasteiger partial charge in [0.2, 0.25) is 0 Å². The van der Waals surface area contributed by atoms with Gasteiger partial charge in [-0.1, -0.05) is 0 Å². The van der Waals surface area contributed by atoms with Crippen LogP contribution in [0.25, 0.3) is 5.69 Å². The molecule has 6 nitrogen and oxygen atoms in total. The van der Waals surface area contributed by atoms with E-state index in [0.29, 0.717) is 0 Å². The van der Waals surface area contributed by atoms with E-state index < -0.39 is 9.84 Å². The molecule has 1 aromatic carbocycles. The number of benzene rings is 1. The van der Waals surface area contributed by atoms with Crippen molar-refractivity contribution in [3.8, 4) is 5.69 Å². The summed E-state index contributed by atoms with van der Waals surface area (Å²) in [4.78, 5) is 1.52. The molecule has 0 bridgehead atoms. The lowest BCUT2D eigenvalue weighted by Crippen LogP contribution is -2.24. The second-order valence-electron chi connectivity index (χ2n) is 4.50. The van der Waals surface area contributed by atoms with Crippen LogP contribution in [0.4, 0.5) is 5.69 Å². The van der Waals surface area contributed by atoms with Crippen molar-refractivity contribution in [2.24, 2.45) is 0 Å². The lowest BCUT2D eigenvalue weighted by Gasteiger charge is -2.14. The van der Waals surface area contributed by atoms with Crippen molar-refractivity contribution in [3.63, 3.8) is 0 Å². The van der Waals surface area contributed by atoms with E-state index in [1.54, 1.807) is 12.4 Å². The van der Waals surface area contributed by atoms with Gasteiger partial charge in [-0.2, -0.15) is 15.0 Å². The maximum absolute atomic E-state index is 11.2. The van der Waals surface area contributed by atoms with Gasteiger partial charge in [0, 0.05) is 18.0 Å². The van der Waals surface area contributed by atoms with E-state index in [2.05, 4.69) is 15.5 Å². The van der Waals surface area contributed by atoms with Crippen LogP contribution in [0, 0.1) is 0 Å². The summed E-state index contributed by atoms with van der Waals surface area (Å²) < 4.78 is 22.4. The van der Waals surface area contributed by atoms with Crippen molar-refractivity contribution in [1.29, 1.82) is 0 Å². The lowest BCUT2D eigenvalue weighted by atomic mass is 10.2. The first-order valence-electron chi connectivity index (χ1n) is 5.85. The number of nitrogens with one attached hydrogen (secondary N) is 1. The molecular weight excluding hydrogens is 264 g/mol. The lowest BCUT2D eigenvalue weighted by molar-refractivity contribution is 0.598. The Balaban J connectivity index is 2.03. The van der Waals surface area contributed by atoms with Crippen LogP contribution in [-0.4, -0.2) is 41.5 Å². The quantitative estimate of drug-likeness (QED) is 0.888. The van der Waals surface area contributed by atoms with E-state index in [0.717, 1.165) is 11.4 Å². The third-order valence-electron chi connectivity index (χ3n) is 2.48. The monoisotopic (exact) mass is 280 g/mol. The van der Waals surface area contributed by atoms with E-state index in [-0.39, 0.29) is 11.8 Å². The van der Waals surface area contributed by atoms with Gasteiger partial charge < -0.3 is 5.32 Å². The zero-order chi connectivity index (χ0) is 13.9. The first kappa shape index (κ1) is 13.5. The molecule has 1 unspecified atom stereocenters. The fraction of sp³-hybridized carbons (Fsp3) is 0.333. The predicted molar refractivity (Wildman–Crippen MR) is 74.2 cm³/mol. The van der Waals surface area contributed by atoms with Crippen LogP contribution in [-0.2, 0) is 9.84 Å². The summed E-state index contributed by atoms with van der Waals surface area (Å²) in [5, 5.41) is 11.2. The van der Waals surface area contributed by atoms with Gasteiger partial charge in [-0.15, -0.1) is 0 Å². The first-order valence-corrected chi connectivity index (χ1v) is 7.91. The zero-order valence-electron chi connectivity index (χ0n) is 10.8. The maximum atomic E-state index is 11.2. The molecule has 0 radical (unpaired) electrons. The highest BCUT2D eigenvalue weighted by molar-refractivity contribution is 7.90. The van der Waals surface area contributed by atoms with Crippen LogP contribution < -0.4 is 5.32 Å². The molecule has 0 saturated carbocycles. The number of sulfone groups is 1. The molecule has 0 aliphatic heterocycles. The summed E-state index contributed by atoms with van der Waals surface area (Å²) >= 11 is 0. The van der Waals surface area contributed by atoms with Crippen LogP contribution >= 0.6 is 0 Å². The molecule has 0 aliphatic carbocycles. The van der Waals surface area contributed by atoms with Crippen molar-refractivity contribution < 1.29 is 8.42 Å². The van der Waals surface area contributed by atoms with Crippen molar-refractivity contribution in [3.05, 3.63) is 36.7 Å². The summed E-state index contributed by atoms with van der Waals surface area (Å²) in [7, 11) is -2.97. The standard InChI is InChI=1S/C12H16N4O2S/c1-10(9-19(2,17)18)15-11-3-5-12(6-4-11)16-13-7-8-14-16/h3-8,10,15H,9H2,1-2H3. The molecule has 0 aliphatic rings. The topological polar surface area (TPSA) is 76.9 Å². The molecule has 1 aromatic heterocycles. The van der Waals surface area contributed by atoms with Crippen LogP contribution in [0.15, 0.2) is 36.7 Å². The molecule has 0 fully saturated rings. The summed E-state index contributed by atoms with van der Waals surface area (Å²) in [6.07, 6.45) is 4.46. The summed E-state index contributed by atoms with van der Waals surface area (Å²) in [6.45, 7) is 1.84. The minimum absolute atomic E-state index is 0.107. The van der Waals surface area contributed by atoms with Crippen molar-refractivity contribution in [1.82, 2.24) is 15.0 Å². The normalized spacial score (nSPS) is 13.2.